The molecule has 0 heterocycles. The Bertz CT molecular complexity index is 804. The smallest absolute Gasteiger partial charge is 0.243 e. The van der Waals surface area contributed by atoms with Crippen molar-refractivity contribution in [3.05, 3.63) is 65.2 Å². The Morgan fingerprint density at radius 3 is 2.28 bits per heavy atom. The Kier molecular flexibility index (Phi) is 9.02. The molecule has 0 aromatic heterocycles. The monoisotopic (exact) mass is 396 g/mol. The van der Waals surface area contributed by atoms with Crippen molar-refractivity contribution in [3.8, 4) is 5.75 Å². The zero-order valence-corrected chi connectivity index (χ0v) is 17.9. The minimum Gasteiger partial charge on any atom is -0.496 e. The van der Waals surface area contributed by atoms with Crippen molar-refractivity contribution in [1.82, 2.24) is 15.5 Å². The number of likely N-dealkylation sites (N-methyl/N-ethyl adjacent to an activating group) is 1. The Morgan fingerprint density at radius 2 is 1.66 bits per heavy atom. The van der Waals surface area contributed by atoms with Crippen LogP contribution < -0.4 is 15.4 Å². The highest BCUT2D eigenvalue weighted by atomic mass is 16.5. The van der Waals surface area contributed by atoms with Gasteiger partial charge in [-0.3, -0.25) is 4.79 Å². The molecule has 0 saturated carbocycles. The third-order valence-corrected chi connectivity index (χ3v) is 4.60. The molecular formula is C23H32N4O2. The quantitative estimate of drug-likeness (QED) is 0.505. The number of nitrogens with zero attached hydrogens (tertiary/aromatic N) is 2. The predicted octanol–water partition coefficient (Wildman–Crippen LogP) is 2.41. The summed E-state index contributed by atoms with van der Waals surface area (Å²) in [6.07, 6.45) is 1.72. The van der Waals surface area contributed by atoms with E-state index >= 15 is 0 Å². The Balaban J connectivity index is 1.91. The number of hydrogen-bond acceptors (Lipinski definition) is 3. The summed E-state index contributed by atoms with van der Waals surface area (Å²) in [5.41, 5.74) is 3.57. The first kappa shape index (κ1) is 22.3. The van der Waals surface area contributed by atoms with Gasteiger partial charge in [0, 0.05) is 27.2 Å². The highest BCUT2D eigenvalue weighted by Crippen LogP contribution is 2.18. The number of nitrogens with one attached hydrogen (secondary N) is 2. The second-order valence-corrected chi connectivity index (χ2v) is 7.10. The summed E-state index contributed by atoms with van der Waals surface area (Å²) in [5.74, 6) is 1.52. The van der Waals surface area contributed by atoms with E-state index in [1.807, 2.05) is 25.1 Å². The third-order valence-electron chi connectivity index (χ3n) is 4.60. The second kappa shape index (κ2) is 11.7. The summed E-state index contributed by atoms with van der Waals surface area (Å²) >= 11 is 0. The molecule has 0 fully saturated rings. The van der Waals surface area contributed by atoms with E-state index in [1.54, 1.807) is 26.1 Å². The number of rotatable bonds is 9. The number of carbonyl (C=O) groups is 1. The van der Waals surface area contributed by atoms with E-state index in [0.29, 0.717) is 12.5 Å². The summed E-state index contributed by atoms with van der Waals surface area (Å²) < 4.78 is 5.40. The molecular weight excluding hydrogens is 364 g/mol. The van der Waals surface area contributed by atoms with Gasteiger partial charge in [-0.1, -0.05) is 42.5 Å². The van der Waals surface area contributed by atoms with Crippen molar-refractivity contribution in [2.45, 2.75) is 19.8 Å². The van der Waals surface area contributed by atoms with Gasteiger partial charge in [-0.15, -0.1) is 0 Å². The van der Waals surface area contributed by atoms with Gasteiger partial charge in [-0.2, -0.15) is 0 Å². The molecule has 0 radical (unpaired) electrons. The first-order valence-electron chi connectivity index (χ1n) is 9.89. The minimum atomic E-state index is -0.0302. The molecule has 1 amide bonds. The lowest BCUT2D eigenvalue weighted by Gasteiger charge is -2.14. The zero-order chi connectivity index (χ0) is 21.1. The molecule has 2 aromatic carbocycles. The Labute approximate surface area is 174 Å². The number of aliphatic imine (C=N–C) groups is 1. The average Bonchev–Trinajstić information content (AvgIpc) is 2.73. The number of amides is 1. The lowest BCUT2D eigenvalue weighted by Crippen LogP contribution is -2.40. The lowest BCUT2D eigenvalue weighted by molar-refractivity contribution is -0.127. The number of carbonyl (C=O) groups excluding carboxylic acids is 1. The number of hydrogen-bond donors (Lipinski definition) is 2. The molecule has 2 rings (SSSR count). The molecule has 0 aliphatic carbocycles. The van der Waals surface area contributed by atoms with E-state index in [1.165, 1.54) is 11.1 Å². The van der Waals surface area contributed by atoms with Crippen LogP contribution in [-0.4, -0.2) is 57.6 Å². The van der Waals surface area contributed by atoms with Crippen molar-refractivity contribution < 1.29 is 9.53 Å². The van der Waals surface area contributed by atoms with Gasteiger partial charge in [-0.05, 0) is 42.5 Å². The zero-order valence-electron chi connectivity index (χ0n) is 17.9. The molecule has 0 bridgehead atoms. The number of benzene rings is 2. The fourth-order valence-corrected chi connectivity index (χ4v) is 2.78. The van der Waals surface area contributed by atoms with E-state index in [2.05, 4.69) is 46.0 Å². The number of aryl methyl sites for hydroxylation is 1. The minimum absolute atomic E-state index is 0.0302. The van der Waals surface area contributed by atoms with Crippen molar-refractivity contribution in [3.63, 3.8) is 0 Å². The van der Waals surface area contributed by atoms with Crippen LogP contribution in [0, 0.1) is 6.92 Å². The first-order valence-corrected chi connectivity index (χ1v) is 9.89. The first-order chi connectivity index (χ1) is 14.0. The van der Waals surface area contributed by atoms with Crippen molar-refractivity contribution in [1.29, 1.82) is 0 Å². The molecule has 0 unspecified atom stereocenters. The van der Waals surface area contributed by atoms with E-state index < -0.39 is 0 Å². The van der Waals surface area contributed by atoms with Gasteiger partial charge >= 0.3 is 0 Å². The van der Waals surface area contributed by atoms with Crippen LogP contribution in [0.4, 0.5) is 0 Å². The normalized spacial score (nSPS) is 11.1. The van der Waals surface area contributed by atoms with E-state index in [9.17, 15) is 4.79 Å². The molecule has 29 heavy (non-hydrogen) atoms. The molecule has 0 atom stereocenters. The topological polar surface area (TPSA) is 66.0 Å². The summed E-state index contributed by atoms with van der Waals surface area (Å²) in [5, 5.41) is 6.65. The van der Waals surface area contributed by atoms with Crippen molar-refractivity contribution in [2.24, 2.45) is 4.99 Å². The molecule has 0 aliphatic rings. The van der Waals surface area contributed by atoms with Crippen LogP contribution in [0.25, 0.3) is 0 Å². The summed E-state index contributed by atoms with van der Waals surface area (Å²) in [6, 6.07) is 16.5. The third kappa shape index (κ3) is 7.86. The van der Waals surface area contributed by atoms with E-state index in [-0.39, 0.29) is 12.5 Å². The van der Waals surface area contributed by atoms with Gasteiger partial charge in [0.2, 0.25) is 5.91 Å². The van der Waals surface area contributed by atoms with Crippen LogP contribution in [0.2, 0.25) is 0 Å². The average molecular weight is 397 g/mol. The van der Waals surface area contributed by atoms with Crippen LogP contribution in [0.1, 0.15) is 16.7 Å². The Morgan fingerprint density at radius 1 is 1.00 bits per heavy atom. The second-order valence-electron chi connectivity index (χ2n) is 7.10. The van der Waals surface area contributed by atoms with Gasteiger partial charge in [0.1, 0.15) is 12.3 Å². The van der Waals surface area contributed by atoms with E-state index in [4.69, 9.17) is 4.74 Å². The largest absolute Gasteiger partial charge is 0.496 e. The van der Waals surface area contributed by atoms with Crippen LogP contribution in [0.15, 0.2) is 53.5 Å². The maximum absolute atomic E-state index is 11.9. The predicted molar refractivity (Wildman–Crippen MR) is 119 cm³/mol. The van der Waals surface area contributed by atoms with Crippen molar-refractivity contribution >= 4 is 11.9 Å². The van der Waals surface area contributed by atoms with Gasteiger partial charge in [0.25, 0.3) is 0 Å². The standard InChI is InChI=1S/C23H32N4O2/c1-18-10-11-20(16-21(18)29-4)13-15-25-23(26-17-22(28)27(2)3)24-14-12-19-8-6-5-7-9-19/h5-11,16H,12-15,17H2,1-4H3,(H2,24,25,26). The fraction of sp³-hybridized carbons (Fsp3) is 0.391. The van der Waals surface area contributed by atoms with Crippen LogP contribution in [-0.2, 0) is 17.6 Å². The van der Waals surface area contributed by atoms with Crippen LogP contribution in [0.5, 0.6) is 5.75 Å². The Hall–Kier alpha value is -3.02. The number of guanidine groups is 1. The molecule has 2 aromatic rings. The SMILES string of the molecule is COc1cc(CCNC(=NCC(=O)N(C)C)NCCc2ccccc2)ccc1C. The van der Waals surface area contributed by atoms with Gasteiger partial charge < -0.3 is 20.3 Å². The summed E-state index contributed by atoms with van der Waals surface area (Å²) in [6.45, 7) is 3.60. The summed E-state index contributed by atoms with van der Waals surface area (Å²) in [7, 11) is 5.16. The molecule has 2 N–H and O–H groups in total. The van der Waals surface area contributed by atoms with Gasteiger partial charge in [0.05, 0.1) is 7.11 Å². The van der Waals surface area contributed by atoms with Crippen molar-refractivity contribution in [2.75, 3.05) is 40.8 Å². The van der Waals surface area contributed by atoms with Crippen LogP contribution >= 0.6 is 0 Å². The highest BCUT2D eigenvalue weighted by Gasteiger charge is 2.05. The summed E-state index contributed by atoms with van der Waals surface area (Å²) in [4.78, 5) is 17.9. The number of methoxy groups -OCH3 is 1. The lowest BCUT2D eigenvalue weighted by atomic mass is 10.1. The molecule has 6 heteroatoms. The molecule has 6 nitrogen and oxygen atoms in total. The highest BCUT2D eigenvalue weighted by molar-refractivity contribution is 5.84. The fourth-order valence-electron chi connectivity index (χ4n) is 2.78. The van der Waals surface area contributed by atoms with Gasteiger partial charge in [-0.25, -0.2) is 4.99 Å². The maximum atomic E-state index is 11.9. The van der Waals surface area contributed by atoms with Gasteiger partial charge in [0.15, 0.2) is 5.96 Å². The maximum Gasteiger partial charge on any atom is 0.243 e. The molecule has 156 valence electrons. The number of ether oxygens (including phenoxy) is 1. The van der Waals surface area contributed by atoms with Crippen LogP contribution in [0.3, 0.4) is 0 Å². The molecule has 0 aliphatic heterocycles. The molecule has 0 spiro atoms. The molecule has 0 saturated heterocycles. The van der Waals surface area contributed by atoms with E-state index in [0.717, 1.165) is 30.7 Å².